The molecule has 2 rings (SSSR count). The first kappa shape index (κ1) is 16.3. The second kappa shape index (κ2) is 7.29. The lowest BCUT2D eigenvalue weighted by Gasteiger charge is -2.21. The van der Waals surface area contributed by atoms with E-state index in [0.29, 0.717) is 6.54 Å². The summed E-state index contributed by atoms with van der Waals surface area (Å²) in [7, 11) is 0. The Hall–Kier alpha value is -2.04. The molecule has 0 fully saturated rings. The summed E-state index contributed by atoms with van der Waals surface area (Å²) in [6.45, 7) is 2.33. The molecule has 2 N–H and O–H groups in total. The molecule has 0 aromatic heterocycles. The summed E-state index contributed by atoms with van der Waals surface area (Å²) in [6.07, 6.45) is 0. The molecule has 2 aromatic carbocycles. The maximum Gasteiger partial charge on any atom is 0.257 e. The van der Waals surface area contributed by atoms with Gasteiger partial charge in [-0.3, -0.25) is 4.79 Å². The van der Waals surface area contributed by atoms with Crippen LogP contribution in [0.4, 0.5) is 0 Å². The zero-order valence-corrected chi connectivity index (χ0v) is 13.0. The van der Waals surface area contributed by atoms with E-state index < -0.39 is 0 Å². The number of aliphatic hydroxyl groups is 1. The molecule has 22 heavy (non-hydrogen) atoms. The van der Waals surface area contributed by atoms with Gasteiger partial charge in [0.25, 0.3) is 5.91 Å². The summed E-state index contributed by atoms with van der Waals surface area (Å²) in [5.41, 5.74) is 1.80. The predicted molar refractivity (Wildman–Crippen MR) is 87.2 cm³/mol. The smallest absolute Gasteiger partial charge is 0.257 e. The van der Waals surface area contributed by atoms with Crippen LogP contribution in [-0.4, -0.2) is 40.7 Å². The van der Waals surface area contributed by atoms with E-state index in [-0.39, 0.29) is 35.4 Å². The third kappa shape index (κ3) is 3.40. The van der Waals surface area contributed by atoms with Crippen LogP contribution >= 0.6 is 11.6 Å². The number of phenols is 1. The number of hydrogen-bond donors (Lipinski definition) is 2. The molecule has 4 nitrogen and oxygen atoms in total. The third-order valence-electron chi connectivity index (χ3n) is 3.44. The van der Waals surface area contributed by atoms with Crippen molar-refractivity contribution in [1.29, 1.82) is 0 Å². The van der Waals surface area contributed by atoms with Gasteiger partial charge < -0.3 is 15.1 Å². The maximum absolute atomic E-state index is 12.5. The van der Waals surface area contributed by atoms with Crippen molar-refractivity contribution in [2.75, 3.05) is 19.7 Å². The minimum Gasteiger partial charge on any atom is -0.506 e. The molecular formula is C17H18ClNO3. The average Bonchev–Trinajstić information content (AvgIpc) is 2.55. The van der Waals surface area contributed by atoms with Gasteiger partial charge in [0.05, 0.1) is 17.2 Å². The van der Waals surface area contributed by atoms with Gasteiger partial charge in [-0.25, -0.2) is 0 Å². The molecule has 0 heterocycles. The molecule has 5 heteroatoms. The number of carbonyl (C=O) groups is 1. The molecule has 0 aliphatic carbocycles. The molecule has 2 aromatic rings. The number of aromatic hydroxyl groups is 1. The Morgan fingerprint density at radius 2 is 1.86 bits per heavy atom. The van der Waals surface area contributed by atoms with Crippen LogP contribution in [0.15, 0.2) is 42.5 Å². The van der Waals surface area contributed by atoms with Crippen molar-refractivity contribution in [1.82, 2.24) is 4.90 Å². The van der Waals surface area contributed by atoms with E-state index in [1.54, 1.807) is 12.1 Å². The van der Waals surface area contributed by atoms with E-state index in [2.05, 4.69) is 0 Å². The molecule has 0 aliphatic rings. The van der Waals surface area contributed by atoms with Crippen molar-refractivity contribution in [3.8, 4) is 16.9 Å². The number of amides is 1. The number of rotatable bonds is 5. The highest BCUT2D eigenvalue weighted by atomic mass is 35.5. The van der Waals surface area contributed by atoms with Gasteiger partial charge in [0.1, 0.15) is 5.75 Å². The number of likely N-dealkylation sites (N-methyl/N-ethyl adjacent to an activating group) is 1. The van der Waals surface area contributed by atoms with Crippen LogP contribution in [0.3, 0.4) is 0 Å². The molecule has 0 atom stereocenters. The highest BCUT2D eigenvalue weighted by Crippen LogP contribution is 2.34. The first-order valence-electron chi connectivity index (χ1n) is 7.06. The second-order valence-corrected chi connectivity index (χ2v) is 5.24. The van der Waals surface area contributed by atoms with Gasteiger partial charge in [0, 0.05) is 13.1 Å². The molecule has 0 saturated heterocycles. The molecule has 0 spiro atoms. The van der Waals surface area contributed by atoms with Crippen LogP contribution in [0.2, 0.25) is 5.02 Å². The fraction of sp³-hybridized carbons (Fsp3) is 0.235. The SMILES string of the molecule is CCN(CCO)C(=O)c1cc(-c2ccccc2)cc(Cl)c1O. The molecule has 0 bridgehead atoms. The second-order valence-electron chi connectivity index (χ2n) is 4.83. The first-order chi connectivity index (χ1) is 10.6. The van der Waals surface area contributed by atoms with Gasteiger partial charge in [-0.2, -0.15) is 0 Å². The van der Waals surface area contributed by atoms with Crippen molar-refractivity contribution >= 4 is 17.5 Å². The molecule has 0 saturated carbocycles. The van der Waals surface area contributed by atoms with Crippen LogP contribution in [0.1, 0.15) is 17.3 Å². The van der Waals surface area contributed by atoms with Gasteiger partial charge in [0.15, 0.2) is 0 Å². The number of carbonyl (C=O) groups excluding carboxylic acids is 1. The van der Waals surface area contributed by atoms with Gasteiger partial charge in [-0.1, -0.05) is 41.9 Å². The van der Waals surface area contributed by atoms with E-state index in [0.717, 1.165) is 11.1 Å². The molecule has 116 valence electrons. The highest BCUT2D eigenvalue weighted by Gasteiger charge is 2.20. The topological polar surface area (TPSA) is 60.8 Å². The molecule has 1 amide bonds. The number of nitrogens with zero attached hydrogens (tertiary/aromatic N) is 1. The Kier molecular flexibility index (Phi) is 5.41. The fourth-order valence-electron chi connectivity index (χ4n) is 2.25. The summed E-state index contributed by atoms with van der Waals surface area (Å²) in [4.78, 5) is 14.0. The molecule has 0 radical (unpaired) electrons. The monoisotopic (exact) mass is 319 g/mol. The van der Waals surface area contributed by atoms with Crippen molar-refractivity contribution in [3.63, 3.8) is 0 Å². The zero-order chi connectivity index (χ0) is 16.1. The van der Waals surface area contributed by atoms with Crippen LogP contribution in [0, 0.1) is 0 Å². The lowest BCUT2D eigenvalue weighted by Crippen LogP contribution is -2.33. The van der Waals surface area contributed by atoms with E-state index in [1.165, 1.54) is 4.90 Å². The van der Waals surface area contributed by atoms with Crippen LogP contribution < -0.4 is 0 Å². The Bertz CT molecular complexity index is 658. The number of benzene rings is 2. The van der Waals surface area contributed by atoms with Gasteiger partial charge >= 0.3 is 0 Å². The number of halogens is 1. The van der Waals surface area contributed by atoms with E-state index in [4.69, 9.17) is 16.7 Å². The van der Waals surface area contributed by atoms with Crippen LogP contribution in [0.5, 0.6) is 5.75 Å². The van der Waals surface area contributed by atoms with Gasteiger partial charge in [-0.15, -0.1) is 0 Å². The van der Waals surface area contributed by atoms with Crippen molar-refractivity contribution in [3.05, 3.63) is 53.1 Å². The minimum absolute atomic E-state index is 0.129. The van der Waals surface area contributed by atoms with Crippen LogP contribution in [-0.2, 0) is 0 Å². The summed E-state index contributed by atoms with van der Waals surface area (Å²) >= 11 is 6.07. The largest absolute Gasteiger partial charge is 0.506 e. The quantitative estimate of drug-likeness (QED) is 0.890. The Morgan fingerprint density at radius 1 is 1.18 bits per heavy atom. The summed E-state index contributed by atoms with van der Waals surface area (Å²) in [5, 5.41) is 19.3. The van der Waals surface area contributed by atoms with Gasteiger partial charge in [-0.05, 0) is 30.2 Å². The van der Waals surface area contributed by atoms with Gasteiger partial charge in [0.2, 0.25) is 0 Å². The first-order valence-corrected chi connectivity index (χ1v) is 7.44. The summed E-state index contributed by atoms with van der Waals surface area (Å²) in [5.74, 6) is -0.587. The van der Waals surface area contributed by atoms with Crippen molar-refractivity contribution < 1.29 is 15.0 Å². The maximum atomic E-state index is 12.5. The lowest BCUT2D eigenvalue weighted by atomic mass is 10.0. The Labute approximate surface area is 134 Å². The highest BCUT2D eigenvalue weighted by molar-refractivity contribution is 6.33. The normalized spacial score (nSPS) is 10.5. The fourth-order valence-corrected chi connectivity index (χ4v) is 2.47. The lowest BCUT2D eigenvalue weighted by molar-refractivity contribution is 0.0729. The third-order valence-corrected chi connectivity index (χ3v) is 3.73. The zero-order valence-electron chi connectivity index (χ0n) is 12.3. The number of phenolic OH excluding ortho intramolecular Hbond substituents is 1. The predicted octanol–water partition coefficient (Wildman–Crippen LogP) is 3.17. The van der Waals surface area contributed by atoms with Crippen molar-refractivity contribution in [2.24, 2.45) is 0 Å². The number of aliphatic hydroxyl groups excluding tert-OH is 1. The molecular weight excluding hydrogens is 302 g/mol. The standard InChI is InChI=1S/C17H18ClNO3/c1-2-19(8-9-20)17(22)14-10-13(11-15(18)16(14)21)12-6-4-3-5-7-12/h3-7,10-11,20-21H,2,8-9H2,1H3. The molecule has 0 unspecified atom stereocenters. The van der Waals surface area contributed by atoms with Crippen LogP contribution in [0.25, 0.3) is 11.1 Å². The molecule has 0 aliphatic heterocycles. The van der Waals surface area contributed by atoms with E-state index >= 15 is 0 Å². The summed E-state index contributed by atoms with van der Waals surface area (Å²) in [6, 6.07) is 12.7. The van der Waals surface area contributed by atoms with E-state index in [9.17, 15) is 9.90 Å². The van der Waals surface area contributed by atoms with Crippen molar-refractivity contribution in [2.45, 2.75) is 6.92 Å². The average molecular weight is 320 g/mol. The Morgan fingerprint density at radius 3 is 2.45 bits per heavy atom. The minimum atomic E-state index is -0.353. The summed E-state index contributed by atoms with van der Waals surface area (Å²) < 4.78 is 0. The number of hydrogen-bond acceptors (Lipinski definition) is 3. The Balaban J connectivity index is 2.47. The van der Waals surface area contributed by atoms with E-state index in [1.807, 2.05) is 37.3 Å².